The summed E-state index contributed by atoms with van der Waals surface area (Å²) in [5, 5.41) is 23.2. The van der Waals surface area contributed by atoms with Crippen molar-refractivity contribution in [2.75, 3.05) is 13.2 Å². The van der Waals surface area contributed by atoms with E-state index in [2.05, 4.69) is 31.3 Å². The van der Waals surface area contributed by atoms with Crippen molar-refractivity contribution in [1.82, 2.24) is 5.32 Å². The number of aliphatic hydroxyl groups excluding tert-OH is 2. The van der Waals surface area contributed by atoms with Crippen molar-refractivity contribution in [3.05, 3.63) is 24.3 Å². The summed E-state index contributed by atoms with van der Waals surface area (Å²) >= 11 is 0. The second-order valence-electron chi connectivity index (χ2n) is 25.6. The third-order valence-electron chi connectivity index (χ3n) is 17.5. The van der Waals surface area contributed by atoms with Gasteiger partial charge in [-0.3, -0.25) is 9.59 Å². The molecule has 0 aliphatic heterocycles. The molecule has 0 aromatic heterocycles. The summed E-state index contributed by atoms with van der Waals surface area (Å²) in [6.07, 6.45) is 89.8. The largest absolute Gasteiger partial charge is 0.466 e. The van der Waals surface area contributed by atoms with Gasteiger partial charge in [-0.2, -0.15) is 0 Å². The van der Waals surface area contributed by atoms with Gasteiger partial charge in [0.05, 0.1) is 25.4 Å². The number of hydrogen-bond acceptors (Lipinski definition) is 5. The predicted octanol–water partition coefficient (Wildman–Crippen LogP) is 24.1. The van der Waals surface area contributed by atoms with Crippen molar-refractivity contribution >= 4 is 11.9 Å². The van der Waals surface area contributed by atoms with Gasteiger partial charge in [0, 0.05) is 12.8 Å². The summed E-state index contributed by atoms with van der Waals surface area (Å²) in [5.74, 6) is -0.0456. The highest BCUT2D eigenvalue weighted by molar-refractivity contribution is 5.76. The summed E-state index contributed by atoms with van der Waals surface area (Å²) in [5.41, 5.74) is 0. The SMILES string of the molecule is CCCCCCCCC/C=C\CCCCCCCCCC(=O)OCCCCCCCCCCCCCCCCCCCCCCCCCCCCCC(=O)NC(CO)C(O)/C=C/CCCCCCCCCCCCCCCCCCC. The van der Waals surface area contributed by atoms with E-state index in [4.69, 9.17) is 4.74 Å². The average molecular weight is 1140 g/mol. The third-order valence-corrected chi connectivity index (χ3v) is 17.5. The summed E-state index contributed by atoms with van der Waals surface area (Å²) in [6, 6.07) is -0.626. The zero-order valence-corrected chi connectivity index (χ0v) is 55.0. The average Bonchev–Trinajstić information content (AvgIpc) is 3.47. The van der Waals surface area contributed by atoms with E-state index in [1.165, 1.54) is 347 Å². The molecule has 6 heteroatoms. The highest BCUT2D eigenvalue weighted by Gasteiger charge is 2.18. The Morgan fingerprint density at radius 1 is 0.333 bits per heavy atom. The highest BCUT2D eigenvalue weighted by Crippen LogP contribution is 2.19. The van der Waals surface area contributed by atoms with Crippen molar-refractivity contribution < 1.29 is 24.5 Å². The minimum absolute atomic E-state index is 0.0157. The molecule has 0 rings (SSSR count). The first-order chi connectivity index (χ1) is 40.0. The van der Waals surface area contributed by atoms with Crippen molar-refractivity contribution in [3.63, 3.8) is 0 Å². The van der Waals surface area contributed by atoms with Crippen LogP contribution in [0.5, 0.6) is 0 Å². The molecule has 0 spiro atoms. The minimum atomic E-state index is -0.843. The van der Waals surface area contributed by atoms with Gasteiger partial charge < -0.3 is 20.3 Å². The van der Waals surface area contributed by atoms with Crippen LogP contribution in [-0.4, -0.2) is 47.4 Å². The van der Waals surface area contributed by atoms with Gasteiger partial charge in [-0.05, 0) is 57.8 Å². The topological polar surface area (TPSA) is 95.9 Å². The molecule has 0 bridgehead atoms. The lowest BCUT2D eigenvalue weighted by molar-refractivity contribution is -0.143. The van der Waals surface area contributed by atoms with Crippen LogP contribution in [0.4, 0.5) is 0 Å². The van der Waals surface area contributed by atoms with Crippen LogP contribution in [0.15, 0.2) is 24.3 Å². The van der Waals surface area contributed by atoms with Crippen LogP contribution in [0.2, 0.25) is 0 Å². The number of allylic oxidation sites excluding steroid dienone is 3. The number of unbranched alkanes of at least 4 members (excludes halogenated alkanes) is 57. The molecular formula is C75H145NO5. The number of rotatable bonds is 70. The number of amides is 1. The molecule has 0 aromatic rings. The lowest BCUT2D eigenvalue weighted by Gasteiger charge is -2.20. The monoisotopic (exact) mass is 1140 g/mol. The van der Waals surface area contributed by atoms with E-state index in [-0.39, 0.29) is 18.5 Å². The lowest BCUT2D eigenvalue weighted by Crippen LogP contribution is -2.45. The fourth-order valence-electron chi connectivity index (χ4n) is 11.8. The number of ether oxygens (including phenoxy) is 1. The number of aliphatic hydroxyl groups is 2. The fourth-order valence-corrected chi connectivity index (χ4v) is 11.8. The molecule has 0 saturated heterocycles. The Hall–Kier alpha value is -1.66. The van der Waals surface area contributed by atoms with Crippen molar-refractivity contribution in [3.8, 4) is 0 Å². The maximum atomic E-state index is 12.5. The standard InChI is InChI=1S/C75H145NO5/c1-3-5-7-9-11-13-15-17-19-21-32-35-39-43-47-51-55-59-63-67-73(78)72(71-77)76-74(79)68-64-60-56-52-48-44-40-36-33-30-28-26-24-23-25-27-29-31-34-38-42-46-50-54-58-62-66-70-81-75(80)69-65-61-57-53-49-45-41-37-22-20-18-16-14-12-10-8-6-4-2/h20,22,63,67,72-73,77-78H,3-19,21,23-62,64-66,68-71H2,1-2H3,(H,76,79)/b22-20-,67-63+. The second-order valence-corrected chi connectivity index (χ2v) is 25.6. The van der Waals surface area contributed by atoms with E-state index in [9.17, 15) is 19.8 Å². The molecule has 0 saturated carbocycles. The van der Waals surface area contributed by atoms with Gasteiger partial charge in [-0.15, -0.1) is 0 Å². The van der Waals surface area contributed by atoms with Gasteiger partial charge in [0.25, 0.3) is 0 Å². The van der Waals surface area contributed by atoms with Crippen molar-refractivity contribution in [2.24, 2.45) is 0 Å². The molecule has 6 nitrogen and oxygen atoms in total. The fraction of sp³-hybridized carbons (Fsp3) is 0.920. The number of carbonyl (C=O) groups excluding carboxylic acids is 2. The number of nitrogens with one attached hydrogen (secondary N) is 1. The molecule has 0 aliphatic rings. The van der Waals surface area contributed by atoms with Gasteiger partial charge in [0.2, 0.25) is 5.91 Å². The molecule has 2 atom stereocenters. The Morgan fingerprint density at radius 3 is 0.877 bits per heavy atom. The molecule has 0 radical (unpaired) electrons. The Morgan fingerprint density at radius 2 is 0.580 bits per heavy atom. The molecule has 1 amide bonds. The maximum absolute atomic E-state index is 12.5. The first-order valence-electron chi connectivity index (χ1n) is 37.1. The van der Waals surface area contributed by atoms with Crippen molar-refractivity contribution in [2.45, 2.75) is 431 Å². The predicted molar refractivity (Wildman–Crippen MR) is 356 cm³/mol. The van der Waals surface area contributed by atoms with E-state index >= 15 is 0 Å². The van der Waals surface area contributed by atoms with Crippen LogP contribution in [-0.2, 0) is 14.3 Å². The van der Waals surface area contributed by atoms with Crippen LogP contribution in [0, 0.1) is 0 Å². The molecule has 0 fully saturated rings. The number of esters is 1. The third kappa shape index (κ3) is 67.3. The van der Waals surface area contributed by atoms with Gasteiger partial charge >= 0.3 is 5.97 Å². The first-order valence-corrected chi connectivity index (χ1v) is 37.1. The zero-order chi connectivity index (χ0) is 58.5. The van der Waals surface area contributed by atoms with Crippen LogP contribution < -0.4 is 5.32 Å². The zero-order valence-electron chi connectivity index (χ0n) is 55.0. The van der Waals surface area contributed by atoms with Crippen molar-refractivity contribution in [1.29, 1.82) is 0 Å². The van der Waals surface area contributed by atoms with E-state index < -0.39 is 12.1 Å². The van der Waals surface area contributed by atoms with Gasteiger partial charge in [0.15, 0.2) is 0 Å². The second kappa shape index (κ2) is 70.8. The van der Waals surface area contributed by atoms with Crippen LogP contribution in [0.1, 0.15) is 418 Å². The Kier molecular flexibility index (Phi) is 69.4. The minimum Gasteiger partial charge on any atom is -0.466 e. The molecule has 2 unspecified atom stereocenters. The van der Waals surface area contributed by atoms with Gasteiger partial charge in [-0.25, -0.2) is 0 Å². The van der Waals surface area contributed by atoms with Crippen LogP contribution in [0.3, 0.4) is 0 Å². The van der Waals surface area contributed by atoms with Gasteiger partial charge in [0.1, 0.15) is 0 Å². The summed E-state index contributed by atoms with van der Waals surface area (Å²) in [6.45, 7) is 4.95. The van der Waals surface area contributed by atoms with E-state index in [1.807, 2.05) is 6.08 Å². The lowest BCUT2D eigenvalue weighted by atomic mass is 10.0. The normalized spacial score (nSPS) is 12.6. The maximum Gasteiger partial charge on any atom is 0.305 e. The Labute approximate surface area is 507 Å². The van der Waals surface area contributed by atoms with Crippen LogP contribution >= 0.6 is 0 Å². The number of carbonyl (C=O) groups is 2. The molecule has 0 aromatic carbocycles. The molecule has 81 heavy (non-hydrogen) atoms. The van der Waals surface area contributed by atoms with E-state index in [0.29, 0.717) is 19.4 Å². The molecular weight excluding hydrogens is 995 g/mol. The molecule has 3 N–H and O–H groups in total. The Balaban J connectivity index is 3.36. The Bertz CT molecular complexity index is 1270. The molecule has 480 valence electrons. The highest BCUT2D eigenvalue weighted by atomic mass is 16.5. The molecule has 0 heterocycles. The summed E-state index contributed by atoms with van der Waals surface area (Å²) < 4.78 is 5.51. The summed E-state index contributed by atoms with van der Waals surface area (Å²) in [7, 11) is 0. The van der Waals surface area contributed by atoms with Crippen LogP contribution in [0.25, 0.3) is 0 Å². The summed E-state index contributed by atoms with van der Waals surface area (Å²) in [4.78, 5) is 24.6. The quantitative estimate of drug-likeness (QED) is 0.0320. The van der Waals surface area contributed by atoms with Gasteiger partial charge in [-0.1, -0.05) is 372 Å². The molecule has 0 aliphatic carbocycles. The number of hydrogen-bond donors (Lipinski definition) is 3. The smallest absolute Gasteiger partial charge is 0.305 e. The first kappa shape index (κ1) is 79.3. The van der Waals surface area contributed by atoms with E-state index in [1.54, 1.807) is 6.08 Å². The van der Waals surface area contributed by atoms with E-state index in [0.717, 1.165) is 44.9 Å².